The van der Waals surface area contributed by atoms with E-state index in [4.69, 9.17) is 14.5 Å². The van der Waals surface area contributed by atoms with E-state index >= 15 is 0 Å². The second-order valence-corrected chi connectivity index (χ2v) is 7.31. The number of ether oxygens (including phenoxy) is 2. The van der Waals surface area contributed by atoms with Crippen LogP contribution in [0.1, 0.15) is 45.1 Å². The monoisotopic (exact) mass is 518 g/mol. The molecule has 2 N–H and O–H groups in total. The highest BCUT2D eigenvalue weighted by atomic mass is 127. The normalized spacial score (nSPS) is 15.5. The summed E-state index contributed by atoms with van der Waals surface area (Å²) in [7, 11) is 3.34. The fourth-order valence-electron chi connectivity index (χ4n) is 3.64. The van der Waals surface area contributed by atoms with E-state index in [0.717, 1.165) is 43.4 Å². The number of likely N-dealkylation sites (tertiary alicyclic amines) is 1. The van der Waals surface area contributed by atoms with Crippen molar-refractivity contribution >= 4 is 29.9 Å². The molecule has 1 aromatic rings. The van der Waals surface area contributed by atoms with Crippen LogP contribution >= 0.6 is 24.0 Å². The largest absolute Gasteiger partial charge is 0.493 e. The summed E-state index contributed by atoms with van der Waals surface area (Å²) < 4.78 is 10.7. The van der Waals surface area contributed by atoms with E-state index in [9.17, 15) is 0 Å². The Morgan fingerprint density at radius 3 is 2.48 bits per heavy atom. The molecule has 1 aromatic carbocycles. The SMILES string of the molecule is CCCN1CCC(NC(=NCCCc2ccc(OC)c(OC)c2)NCC)CC1.I. The molecule has 0 atom stereocenters. The van der Waals surface area contributed by atoms with E-state index in [1.807, 2.05) is 6.07 Å². The average Bonchev–Trinajstić information content (AvgIpc) is 2.72. The first-order chi connectivity index (χ1) is 13.7. The van der Waals surface area contributed by atoms with Crippen LogP contribution in [0.4, 0.5) is 0 Å². The summed E-state index contributed by atoms with van der Waals surface area (Å²) in [6.07, 6.45) is 5.59. The molecule has 0 spiro atoms. The van der Waals surface area contributed by atoms with Crippen molar-refractivity contribution in [3.8, 4) is 11.5 Å². The van der Waals surface area contributed by atoms with Gasteiger partial charge in [0, 0.05) is 32.2 Å². The molecule has 166 valence electrons. The van der Waals surface area contributed by atoms with E-state index in [0.29, 0.717) is 6.04 Å². The highest BCUT2D eigenvalue weighted by Gasteiger charge is 2.19. The number of aliphatic imine (C=N–C) groups is 1. The first kappa shape index (κ1) is 25.8. The number of rotatable bonds is 10. The van der Waals surface area contributed by atoms with Gasteiger partial charge in [-0.3, -0.25) is 4.99 Å². The van der Waals surface area contributed by atoms with E-state index in [2.05, 4.69) is 41.5 Å². The van der Waals surface area contributed by atoms with Gasteiger partial charge < -0.3 is 25.0 Å². The Balaban J connectivity index is 0.00000420. The molecule has 1 saturated heterocycles. The fraction of sp³-hybridized carbons (Fsp3) is 0.682. The number of piperidine rings is 1. The third kappa shape index (κ3) is 8.99. The Morgan fingerprint density at radius 1 is 1.14 bits per heavy atom. The van der Waals surface area contributed by atoms with Gasteiger partial charge in [0.2, 0.25) is 0 Å². The molecule has 0 amide bonds. The van der Waals surface area contributed by atoms with Crippen molar-refractivity contribution < 1.29 is 9.47 Å². The van der Waals surface area contributed by atoms with E-state index in [-0.39, 0.29) is 24.0 Å². The van der Waals surface area contributed by atoms with Crippen LogP contribution in [0.2, 0.25) is 0 Å². The minimum absolute atomic E-state index is 0. The number of nitrogens with zero attached hydrogens (tertiary/aromatic N) is 2. The molecular formula is C22H39IN4O2. The van der Waals surface area contributed by atoms with E-state index < -0.39 is 0 Å². The van der Waals surface area contributed by atoms with Gasteiger partial charge in [-0.2, -0.15) is 0 Å². The minimum Gasteiger partial charge on any atom is -0.493 e. The predicted molar refractivity (Wildman–Crippen MR) is 132 cm³/mol. The van der Waals surface area contributed by atoms with Gasteiger partial charge in [0.05, 0.1) is 14.2 Å². The van der Waals surface area contributed by atoms with E-state index in [1.165, 1.54) is 44.5 Å². The molecule has 1 aliphatic rings. The Hall–Kier alpha value is -1.22. The van der Waals surface area contributed by atoms with Crippen molar-refractivity contribution in [2.24, 2.45) is 4.99 Å². The lowest BCUT2D eigenvalue weighted by Crippen LogP contribution is -2.48. The standard InChI is InChI=1S/C22H38N4O2.HI/c1-5-14-26-15-11-19(12-16-26)25-22(23-6-2)24-13-7-8-18-9-10-20(27-3)21(17-18)28-4;/h9-10,17,19H,5-8,11-16H2,1-4H3,(H2,23,24,25);1H. The number of methoxy groups -OCH3 is 2. The van der Waals surface area contributed by atoms with Gasteiger partial charge in [-0.1, -0.05) is 13.0 Å². The topological polar surface area (TPSA) is 58.1 Å². The summed E-state index contributed by atoms with van der Waals surface area (Å²) in [6.45, 7) is 9.65. The summed E-state index contributed by atoms with van der Waals surface area (Å²) >= 11 is 0. The van der Waals surface area contributed by atoms with Gasteiger partial charge in [0.15, 0.2) is 17.5 Å². The molecular weight excluding hydrogens is 479 g/mol. The van der Waals surface area contributed by atoms with Crippen molar-refractivity contribution in [1.82, 2.24) is 15.5 Å². The number of benzene rings is 1. The second-order valence-electron chi connectivity index (χ2n) is 7.31. The third-order valence-corrected chi connectivity index (χ3v) is 5.15. The van der Waals surface area contributed by atoms with E-state index in [1.54, 1.807) is 14.2 Å². The highest BCUT2D eigenvalue weighted by Crippen LogP contribution is 2.27. The molecule has 0 unspecified atom stereocenters. The maximum absolute atomic E-state index is 5.38. The quantitative estimate of drug-likeness (QED) is 0.214. The summed E-state index contributed by atoms with van der Waals surface area (Å²) in [4.78, 5) is 7.34. The zero-order valence-corrected chi connectivity index (χ0v) is 20.8. The number of halogens is 1. The summed E-state index contributed by atoms with van der Waals surface area (Å²) in [6, 6.07) is 6.64. The molecule has 2 rings (SSSR count). The molecule has 0 saturated carbocycles. The third-order valence-electron chi connectivity index (χ3n) is 5.15. The van der Waals surface area contributed by atoms with Gasteiger partial charge >= 0.3 is 0 Å². The van der Waals surface area contributed by atoms with Gasteiger partial charge in [-0.25, -0.2) is 0 Å². The fourth-order valence-corrected chi connectivity index (χ4v) is 3.64. The van der Waals surface area contributed by atoms with Gasteiger partial charge in [0.25, 0.3) is 0 Å². The smallest absolute Gasteiger partial charge is 0.191 e. The number of hydrogen-bond acceptors (Lipinski definition) is 4. The van der Waals surface area contributed by atoms with Crippen molar-refractivity contribution in [3.05, 3.63) is 23.8 Å². The minimum atomic E-state index is 0. The molecule has 7 heteroatoms. The Kier molecular flexibility index (Phi) is 13.1. The number of aryl methyl sites for hydroxylation is 1. The zero-order valence-electron chi connectivity index (χ0n) is 18.5. The Bertz CT molecular complexity index is 604. The second kappa shape index (κ2) is 14.7. The maximum Gasteiger partial charge on any atom is 0.191 e. The molecule has 0 radical (unpaired) electrons. The Morgan fingerprint density at radius 2 is 1.86 bits per heavy atom. The van der Waals surface area contributed by atoms with Crippen LogP contribution in [0.25, 0.3) is 0 Å². The van der Waals surface area contributed by atoms with Crippen LogP contribution in [0, 0.1) is 0 Å². The zero-order chi connectivity index (χ0) is 20.2. The van der Waals surface area contributed by atoms with Crippen molar-refractivity contribution in [1.29, 1.82) is 0 Å². The van der Waals surface area contributed by atoms with Crippen molar-refractivity contribution in [2.45, 2.75) is 52.0 Å². The molecule has 0 aromatic heterocycles. The van der Waals surface area contributed by atoms with Crippen LogP contribution in [-0.2, 0) is 6.42 Å². The molecule has 29 heavy (non-hydrogen) atoms. The molecule has 1 heterocycles. The van der Waals surface area contributed by atoms with Crippen LogP contribution in [0.3, 0.4) is 0 Å². The predicted octanol–water partition coefficient (Wildman–Crippen LogP) is 3.68. The van der Waals surface area contributed by atoms with Crippen LogP contribution in [0.15, 0.2) is 23.2 Å². The number of nitrogens with one attached hydrogen (secondary N) is 2. The van der Waals surface area contributed by atoms with Crippen LogP contribution < -0.4 is 20.1 Å². The maximum atomic E-state index is 5.38. The first-order valence-corrected chi connectivity index (χ1v) is 10.7. The lowest BCUT2D eigenvalue weighted by molar-refractivity contribution is 0.206. The lowest BCUT2D eigenvalue weighted by Gasteiger charge is -2.32. The molecule has 0 bridgehead atoms. The van der Waals surface area contributed by atoms with Gasteiger partial charge in [-0.15, -0.1) is 24.0 Å². The van der Waals surface area contributed by atoms with Crippen LogP contribution in [-0.4, -0.2) is 63.8 Å². The average molecular weight is 518 g/mol. The highest BCUT2D eigenvalue weighted by molar-refractivity contribution is 14.0. The molecule has 1 fully saturated rings. The van der Waals surface area contributed by atoms with Gasteiger partial charge in [-0.05, 0) is 63.3 Å². The summed E-state index contributed by atoms with van der Waals surface area (Å²) in [5.74, 6) is 2.50. The van der Waals surface area contributed by atoms with Crippen LogP contribution in [0.5, 0.6) is 11.5 Å². The van der Waals surface area contributed by atoms with Gasteiger partial charge in [0.1, 0.15) is 0 Å². The van der Waals surface area contributed by atoms with Crippen molar-refractivity contribution in [2.75, 3.05) is 46.9 Å². The first-order valence-electron chi connectivity index (χ1n) is 10.7. The lowest BCUT2D eigenvalue weighted by atomic mass is 10.1. The Labute approximate surface area is 193 Å². The molecule has 6 nitrogen and oxygen atoms in total. The van der Waals surface area contributed by atoms with Crippen molar-refractivity contribution in [3.63, 3.8) is 0 Å². The summed E-state index contributed by atoms with van der Waals surface area (Å²) in [5.41, 5.74) is 1.24. The molecule has 0 aliphatic carbocycles. The summed E-state index contributed by atoms with van der Waals surface area (Å²) in [5, 5.41) is 7.01. The molecule has 1 aliphatic heterocycles. The number of hydrogen-bond donors (Lipinski definition) is 2. The number of guanidine groups is 1.